The summed E-state index contributed by atoms with van der Waals surface area (Å²) in [6, 6.07) is -0.149. The maximum atomic E-state index is 13.5. The van der Waals surface area contributed by atoms with Crippen molar-refractivity contribution in [3.63, 3.8) is 0 Å². The van der Waals surface area contributed by atoms with Gasteiger partial charge in [-0.25, -0.2) is 9.38 Å². The minimum Gasteiger partial charge on any atom is -0.471 e. The maximum Gasteiger partial charge on any atom is 0.187 e. The smallest absolute Gasteiger partial charge is 0.187 e. The first-order valence-electron chi connectivity index (χ1n) is 5.22. The highest BCUT2D eigenvalue weighted by molar-refractivity contribution is 6.21. The molecular formula is C11H15ClFNO. The van der Waals surface area contributed by atoms with Crippen molar-refractivity contribution in [2.24, 2.45) is 10.9 Å². The van der Waals surface area contributed by atoms with Crippen LogP contribution in [0.15, 0.2) is 17.1 Å². The average molecular weight is 232 g/mol. The summed E-state index contributed by atoms with van der Waals surface area (Å²) in [4.78, 5) is 4.41. The molecule has 0 aromatic rings. The Hall–Kier alpha value is -0.570. The minimum atomic E-state index is -1.06. The molecule has 2 rings (SSSR count). The number of fused-ring (bicyclic) bond motifs is 1. The number of alkyl halides is 2. The standard InChI is InChI=1S/C11H15ClFNO/c1-5(2)11-14-9-7(12)4-8(13)6(3)10(9)15-11/h5,7-10H,3-4H2,1-2H3. The topological polar surface area (TPSA) is 21.6 Å². The fraction of sp³-hybridized carbons (Fsp3) is 0.727. The highest BCUT2D eigenvalue weighted by atomic mass is 35.5. The van der Waals surface area contributed by atoms with Crippen LogP contribution in [0.25, 0.3) is 0 Å². The Labute approximate surface area is 94.2 Å². The van der Waals surface area contributed by atoms with Crippen molar-refractivity contribution in [2.75, 3.05) is 0 Å². The molecule has 0 amide bonds. The first kappa shape index (κ1) is 10.9. The third-order valence-electron chi connectivity index (χ3n) is 2.90. The van der Waals surface area contributed by atoms with E-state index in [0.29, 0.717) is 17.9 Å². The van der Waals surface area contributed by atoms with E-state index in [1.54, 1.807) is 0 Å². The van der Waals surface area contributed by atoms with Gasteiger partial charge in [-0.15, -0.1) is 11.6 Å². The molecule has 0 saturated heterocycles. The van der Waals surface area contributed by atoms with Crippen molar-refractivity contribution in [3.05, 3.63) is 12.2 Å². The molecule has 1 saturated carbocycles. The molecule has 1 aliphatic carbocycles. The second-order valence-electron chi connectivity index (χ2n) is 4.45. The van der Waals surface area contributed by atoms with Gasteiger partial charge in [0.15, 0.2) is 5.90 Å². The highest BCUT2D eigenvalue weighted by Gasteiger charge is 2.45. The molecule has 2 aliphatic rings. The van der Waals surface area contributed by atoms with Crippen molar-refractivity contribution in [2.45, 2.75) is 44.0 Å². The van der Waals surface area contributed by atoms with Gasteiger partial charge < -0.3 is 4.74 Å². The van der Waals surface area contributed by atoms with Gasteiger partial charge in [0.25, 0.3) is 0 Å². The lowest BCUT2D eigenvalue weighted by atomic mass is 9.87. The van der Waals surface area contributed by atoms with E-state index in [2.05, 4.69) is 11.6 Å². The fourth-order valence-corrected chi connectivity index (χ4v) is 2.31. The number of halogens is 2. The van der Waals surface area contributed by atoms with Crippen molar-refractivity contribution in [1.82, 2.24) is 0 Å². The molecule has 0 N–H and O–H groups in total. The zero-order valence-corrected chi connectivity index (χ0v) is 9.67. The van der Waals surface area contributed by atoms with E-state index < -0.39 is 6.17 Å². The van der Waals surface area contributed by atoms with Crippen LogP contribution >= 0.6 is 11.6 Å². The summed E-state index contributed by atoms with van der Waals surface area (Å²) in [5, 5.41) is -0.285. The van der Waals surface area contributed by atoms with E-state index in [0.717, 1.165) is 0 Å². The van der Waals surface area contributed by atoms with E-state index >= 15 is 0 Å². The largest absolute Gasteiger partial charge is 0.471 e. The van der Waals surface area contributed by atoms with Crippen LogP contribution in [-0.4, -0.2) is 29.6 Å². The van der Waals surface area contributed by atoms with E-state index in [1.165, 1.54) is 0 Å². The predicted octanol–water partition coefficient (Wildman–Crippen LogP) is 2.71. The molecule has 84 valence electrons. The number of nitrogens with zero attached hydrogens (tertiary/aromatic N) is 1. The van der Waals surface area contributed by atoms with E-state index in [-0.39, 0.29) is 23.4 Å². The van der Waals surface area contributed by atoms with Crippen molar-refractivity contribution >= 4 is 17.5 Å². The highest BCUT2D eigenvalue weighted by Crippen LogP contribution is 2.37. The zero-order valence-electron chi connectivity index (χ0n) is 8.91. The Kier molecular flexibility index (Phi) is 2.75. The lowest BCUT2D eigenvalue weighted by molar-refractivity contribution is 0.160. The Morgan fingerprint density at radius 1 is 1.60 bits per heavy atom. The van der Waals surface area contributed by atoms with Gasteiger partial charge in [0.1, 0.15) is 18.3 Å². The fourth-order valence-electron chi connectivity index (χ4n) is 1.96. The maximum absolute atomic E-state index is 13.5. The van der Waals surface area contributed by atoms with Crippen LogP contribution in [0, 0.1) is 5.92 Å². The Morgan fingerprint density at radius 2 is 2.27 bits per heavy atom. The molecule has 15 heavy (non-hydrogen) atoms. The molecule has 0 aromatic carbocycles. The van der Waals surface area contributed by atoms with Gasteiger partial charge in [-0.2, -0.15) is 0 Å². The summed E-state index contributed by atoms with van der Waals surface area (Å²) in [5.41, 5.74) is 0.483. The first-order chi connectivity index (χ1) is 7.00. The van der Waals surface area contributed by atoms with Gasteiger partial charge in [-0.1, -0.05) is 20.4 Å². The van der Waals surface area contributed by atoms with Crippen LogP contribution in [0.4, 0.5) is 4.39 Å². The zero-order chi connectivity index (χ0) is 11.2. The number of ether oxygens (including phenoxy) is 1. The second-order valence-corrected chi connectivity index (χ2v) is 5.01. The van der Waals surface area contributed by atoms with Crippen molar-refractivity contribution < 1.29 is 9.13 Å². The molecule has 1 aliphatic heterocycles. The molecular weight excluding hydrogens is 217 g/mol. The summed E-state index contributed by atoms with van der Waals surface area (Å²) in [6.07, 6.45) is -1.12. The van der Waals surface area contributed by atoms with Crippen molar-refractivity contribution in [1.29, 1.82) is 0 Å². The van der Waals surface area contributed by atoms with Crippen LogP contribution in [0.3, 0.4) is 0 Å². The van der Waals surface area contributed by atoms with Gasteiger partial charge in [-0.3, -0.25) is 0 Å². The van der Waals surface area contributed by atoms with Gasteiger partial charge in [0, 0.05) is 12.3 Å². The summed E-state index contributed by atoms with van der Waals surface area (Å²) >= 11 is 6.08. The van der Waals surface area contributed by atoms with Gasteiger partial charge in [0.2, 0.25) is 0 Å². The molecule has 4 heteroatoms. The molecule has 0 bridgehead atoms. The Balaban J connectivity index is 2.21. The third-order valence-corrected chi connectivity index (χ3v) is 3.33. The summed E-state index contributed by atoms with van der Waals surface area (Å²) < 4.78 is 19.1. The van der Waals surface area contributed by atoms with Crippen LogP contribution in [0.2, 0.25) is 0 Å². The number of hydrogen-bond donors (Lipinski definition) is 0. The number of rotatable bonds is 1. The third kappa shape index (κ3) is 1.78. The van der Waals surface area contributed by atoms with Gasteiger partial charge in [0.05, 0.1) is 5.38 Å². The van der Waals surface area contributed by atoms with Crippen LogP contribution in [-0.2, 0) is 4.74 Å². The first-order valence-corrected chi connectivity index (χ1v) is 5.65. The molecule has 1 fully saturated rings. The monoisotopic (exact) mass is 231 g/mol. The lowest BCUT2D eigenvalue weighted by Crippen LogP contribution is -2.41. The second kappa shape index (κ2) is 3.78. The Morgan fingerprint density at radius 3 is 2.87 bits per heavy atom. The SMILES string of the molecule is C=C1C(F)CC(Cl)C2N=C(C(C)C)OC12. The van der Waals surface area contributed by atoms with Gasteiger partial charge >= 0.3 is 0 Å². The summed E-state index contributed by atoms with van der Waals surface area (Å²) in [7, 11) is 0. The summed E-state index contributed by atoms with van der Waals surface area (Å²) in [6.45, 7) is 7.72. The molecule has 0 spiro atoms. The number of hydrogen-bond acceptors (Lipinski definition) is 2. The molecule has 0 radical (unpaired) electrons. The van der Waals surface area contributed by atoms with Crippen LogP contribution < -0.4 is 0 Å². The van der Waals surface area contributed by atoms with Crippen LogP contribution in [0.5, 0.6) is 0 Å². The van der Waals surface area contributed by atoms with Crippen LogP contribution in [0.1, 0.15) is 20.3 Å². The van der Waals surface area contributed by atoms with Gasteiger partial charge in [-0.05, 0) is 5.57 Å². The molecule has 1 heterocycles. The quantitative estimate of drug-likeness (QED) is 0.502. The van der Waals surface area contributed by atoms with E-state index in [4.69, 9.17) is 16.3 Å². The average Bonchev–Trinajstić information content (AvgIpc) is 2.59. The van der Waals surface area contributed by atoms with E-state index in [1.807, 2.05) is 13.8 Å². The molecule has 0 aromatic heterocycles. The lowest BCUT2D eigenvalue weighted by Gasteiger charge is -2.31. The van der Waals surface area contributed by atoms with Crippen molar-refractivity contribution in [3.8, 4) is 0 Å². The Bertz CT molecular complexity index is 316. The predicted molar refractivity (Wildman–Crippen MR) is 59.2 cm³/mol. The summed E-state index contributed by atoms with van der Waals surface area (Å²) in [5.74, 6) is 0.885. The minimum absolute atomic E-state index is 0.149. The normalized spacial score (nSPS) is 40.1. The number of aliphatic imine (C=N–C) groups is 1. The van der Waals surface area contributed by atoms with E-state index in [9.17, 15) is 4.39 Å². The molecule has 2 nitrogen and oxygen atoms in total. The molecule has 4 unspecified atom stereocenters. The molecule has 4 atom stereocenters.